The van der Waals surface area contributed by atoms with Crippen LogP contribution in [0.4, 0.5) is 10.8 Å². The highest BCUT2D eigenvalue weighted by Gasteiger charge is 2.22. The molecule has 1 heterocycles. The van der Waals surface area contributed by atoms with E-state index in [9.17, 15) is 14.7 Å². The summed E-state index contributed by atoms with van der Waals surface area (Å²) in [4.78, 5) is 35.2. The number of aliphatic imine (C=N–C) groups is 1. The summed E-state index contributed by atoms with van der Waals surface area (Å²) in [6, 6.07) is 16.8. The van der Waals surface area contributed by atoms with Crippen molar-refractivity contribution in [2.24, 2.45) is 16.5 Å². The number of nitrogens with two attached hydrogens (primary N) is 2. The van der Waals surface area contributed by atoms with Gasteiger partial charge in [0.25, 0.3) is 0 Å². The lowest BCUT2D eigenvalue weighted by Crippen LogP contribution is -2.28. The highest BCUT2D eigenvalue weighted by Crippen LogP contribution is 2.36. The van der Waals surface area contributed by atoms with Gasteiger partial charge in [0.05, 0.1) is 17.0 Å². The number of hydrogen-bond acceptors (Lipinski definition) is 5. The van der Waals surface area contributed by atoms with Crippen molar-refractivity contribution in [3.8, 4) is 10.4 Å². The molecule has 0 saturated heterocycles. The van der Waals surface area contributed by atoms with Crippen molar-refractivity contribution >= 4 is 40.0 Å². The number of rotatable bonds is 8. The highest BCUT2D eigenvalue weighted by atomic mass is 32.1. The van der Waals surface area contributed by atoms with Gasteiger partial charge >= 0.3 is 5.97 Å². The van der Waals surface area contributed by atoms with Crippen LogP contribution in [0.25, 0.3) is 10.4 Å². The minimum atomic E-state index is -0.937. The van der Waals surface area contributed by atoms with Gasteiger partial charge in [-0.1, -0.05) is 53.8 Å². The molecule has 0 fully saturated rings. The number of aliphatic carboxylic acids is 1. The van der Waals surface area contributed by atoms with Crippen molar-refractivity contribution in [1.82, 2.24) is 4.98 Å². The van der Waals surface area contributed by atoms with Gasteiger partial charge < -0.3 is 21.5 Å². The number of carboxylic acid groups (broad SMARTS) is 1. The highest BCUT2D eigenvalue weighted by molar-refractivity contribution is 7.18. The van der Waals surface area contributed by atoms with Gasteiger partial charge in [0.1, 0.15) is 0 Å². The molecular weight excluding hydrogens is 426 g/mol. The summed E-state index contributed by atoms with van der Waals surface area (Å²) >= 11 is 1.36. The molecule has 1 amide bonds. The van der Waals surface area contributed by atoms with Crippen molar-refractivity contribution in [3.63, 3.8) is 0 Å². The third kappa shape index (κ3) is 5.70. The number of carboxylic acids is 1. The number of thiazole rings is 1. The first-order valence-corrected chi connectivity index (χ1v) is 10.8. The van der Waals surface area contributed by atoms with E-state index in [0.29, 0.717) is 10.8 Å². The number of anilines is 1. The van der Waals surface area contributed by atoms with Crippen LogP contribution in [0.5, 0.6) is 0 Å². The van der Waals surface area contributed by atoms with E-state index in [1.807, 2.05) is 61.5 Å². The molecule has 5 N–H and O–H groups in total. The average molecular weight is 452 g/mol. The number of aryl methyl sites for hydroxylation is 1. The van der Waals surface area contributed by atoms with Crippen molar-refractivity contribution in [2.45, 2.75) is 25.7 Å². The van der Waals surface area contributed by atoms with E-state index in [0.717, 1.165) is 21.7 Å². The van der Waals surface area contributed by atoms with Gasteiger partial charge in [0.2, 0.25) is 11.0 Å². The van der Waals surface area contributed by atoms with E-state index in [1.54, 1.807) is 11.9 Å². The maximum Gasteiger partial charge on any atom is 0.303 e. The topological polar surface area (TPSA) is 135 Å². The quantitative estimate of drug-likeness (QED) is 0.353. The van der Waals surface area contributed by atoms with Crippen LogP contribution >= 0.6 is 11.3 Å². The van der Waals surface area contributed by atoms with Crippen molar-refractivity contribution in [1.29, 1.82) is 0 Å². The van der Waals surface area contributed by atoms with Crippen molar-refractivity contribution in [3.05, 3.63) is 65.9 Å². The monoisotopic (exact) mass is 451 g/mol. The van der Waals surface area contributed by atoms with Gasteiger partial charge in [0.15, 0.2) is 5.96 Å². The van der Waals surface area contributed by atoms with Crippen LogP contribution in [0, 0.1) is 6.92 Å². The van der Waals surface area contributed by atoms with Crippen LogP contribution in [0.15, 0.2) is 59.6 Å². The van der Waals surface area contributed by atoms with E-state index >= 15 is 0 Å². The third-order valence-electron chi connectivity index (χ3n) is 4.99. The van der Waals surface area contributed by atoms with Crippen molar-refractivity contribution in [2.75, 3.05) is 11.9 Å². The van der Waals surface area contributed by atoms with E-state index in [2.05, 4.69) is 9.98 Å². The Kier molecular flexibility index (Phi) is 7.21. The molecule has 3 aromatic rings. The summed E-state index contributed by atoms with van der Waals surface area (Å²) in [6.07, 6.45) is -0.0253. The Bertz CT molecular complexity index is 1140. The van der Waals surface area contributed by atoms with E-state index in [-0.39, 0.29) is 24.7 Å². The van der Waals surface area contributed by atoms with Gasteiger partial charge in [0, 0.05) is 25.1 Å². The van der Waals surface area contributed by atoms with Gasteiger partial charge in [-0.3, -0.25) is 9.59 Å². The molecule has 9 heteroatoms. The number of amides is 1. The van der Waals surface area contributed by atoms with E-state index in [4.69, 9.17) is 11.5 Å². The number of carbonyl (C=O) groups is 2. The Morgan fingerprint density at radius 2 is 1.84 bits per heavy atom. The predicted octanol–water partition coefficient (Wildman–Crippen LogP) is 3.63. The van der Waals surface area contributed by atoms with E-state index < -0.39 is 11.9 Å². The molecule has 8 nitrogen and oxygen atoms in total. The molecule has 0 aliphatic carbocycles. The van der Waals surface area contributed by atoms with Crippen LogP contribution in [0.1, 0.15) is 30.0 Å². The molecule has 1 atom stereocenters. The molecule has 0 saturated carbocycles. The zero-order chi connectivity index (χ0) is 23.3. The maximum atomic E-state index is 13.0. The van der Waals surface area contributed by atoms with Crippen LogP contribution in [0.2, 0.25) is 0 Å². The molecule has 1 unspecified atom stereocenters. The fraction of sp³-hybridized carbons (Fsp3) is 0.217. The average Bonchev–Trinajstić information content (AvgIpc) is 3.12. The van der Waals surface area contributed by atoms with Crippen molar-refractivity contribution < 1.29 is 14.7 Å². The van der Waals surface area contributed by atoms with Gasteiger partial charge in [-0.2, -0.15) is 4.99 Å². The normalized spacial score (nSPS) is 11.6. The Labute approximate surface area is 190 Å². The molecule has 2 aromatic carbocycles. The molecule has 0 spiro atoms. The Morgan fingerprint density at radius 1 is 1.12 bits per heavy atom. The van der Waals surface area contributed by atoms with Gasteiger partial charge in [-0.05, 0) is 30.2 Å². The summed E-state index contributed by atoms with van der Waals surface area (Å²) in [5.74, 6) is -1.57. The molecule has 3 rings (SSSR count). The number of benzene rings is 2. The SMILES string of the molecule is Cc1nc(N=C(N)N)sc1-c1cccc(N(C)C(=O)CC(CC(=O)O)c2ccccc2)c1. The second-order valence-corrected chi connectivity index (χ2v) is 8.34. The number of aromatic nitrogens is 1. The second-order valence-electron chi connectivity index (χ2n) is 7.36. The molecule has 1 aromatic heterocycles. The minimum absolute atomic E-state index is 0.0567. The van der Waals surface area contributed by atoms with Crippen LogP contribution in [-0.2, 0) is 9.59 Å². The third-order valence-corrected chi connectivity index (χ3v) is 6.09. The number of nitrogens with zero attached hydrogens (tertiary/aromatic N) is 3. The Hall–Kier alpha value is -3.72. The summed E-state index contributed by atoms with van der Waals surface area (Å²) in [5, 5.41) is 9.77. The fourth-order valence-electron chi connectivity index (χ4n) is 3.40. The fourth-order valence-corrected chi connectivity index (χ4v) is 4.35. The zero-order valence-electron chi connectivity index (χ0n) is 17.9. The number of hydrogen-bond donors (Lipinski definition) is 3. The molecule has 0 bridgehead atoms. The molecule has 166 valence electrons. The predicted molar refractivity (Wildman–Crippen MR) is 127 cm³/mol. The van der Waals surface area contributed by atoms with Crippen LogP contribution in [-0.4, -0.2) is 35.0 Å². The maximum absolute atomic E-state index is 13.0. The first kappa shape index (κ1) is 23.0. The lowest BCUT2D eigenvalue weighted by molar-refractivity contribution is -0.137. The van der Waals surface area contributed by atoms with Gasteiger partial charge in [-0.25, -0.2) is 4.98 Å². The summed E-state index contributed by atoms with van der Waals surface area (Å²) < 4.78 is 0. The first-order chi connectivity index (χ1) is 15.2. The first-order valence-electron chi connectivity index (χ1n) is 9.95. The van der Waals surface area contributed by atoms with Crippen LogP contribution in [0.3, 0.4) is 0 Å². The zero-order valence-corrected chi connectivity index (χ0v) is 18.7. The minimum Gasteiger partial charge on any atom is -0.481 e. The Balaban J connectivity index is 1.82. The summed E-state index contributed by atoms with van der Waals surface area (Å²) in [7, 11) is 1.69. The molecule has 0 aliphatic rings. The van der Waals surface area contributed by atoms with Crippen LogP contribution < -0.4 is 16.4 Å². The largest absolute Gasteiger partial charge is 0.481 e. The number of carbonyl (C=O) groups excluding carboxylic acids is 1. The standard InChI is InChI=1S/C23H25N5O3S/c1-14-21(32-23(26-14)27-22(24)25)16-9-6-10-18(11-16)28(2)19(29)12-17(13-20(30)31)15-7-4-3-5-8-15/h3-11,17H,12-13H2,1-2H3,(H,30,31)(H4,24,25,26,27). The molecule has 0 aliphatic heterocycles. The summed E-state index contributed by atoms with van der Waals surface area (Å²) in [6.45, 7) is 1.87. The second kappa shape index (κ2) is 10.1. The lowest BCUT2D eigenvalue weighted by atomic mass is 9.92. The smallest absolute Gasteiger partial charge is 0.303 e. The molecule has 0 radical (unpaired) electrons. The molecule has 32 heavy (non-hydrogen) atoms. The summed E-state index contributed by atoms with van der Waals surface area (Å²) in [5.41, 5.74) is 14.1. The lowest BCUT2D eigenvalue weighted by Gasteiger charge is -2.22. The Morgan fingerprint density at radius 3 is 2.50 bits per heavy atom. The molecular formula is C23H25N5O3S. The number of guanidine groups is 1. The van der Waals surface area contributed by atoms with Gasteiger partial charge in [-0.15, -0.1) is 0 Å². The van der Waals surface area contributed by atoms with E-state index in [1.165, 1.54) is 11.3 Å².